The molecule has 0 saturated carbocycles. The Morgan fingerprint density at radius 2 is 1.89 bits per heavy atom. The molecule has 0 aliphatic carbocycles. The number of anilines is 1. The van der Waals surface area contributed by atoms with E-state index >= 15 is 0 Å². The Hall–Kier alpha value is -1.91. The van der Waals surface area contributed by atoms with E-state index < -0.39 is 0 Å². The number of hydrogen-bond acceptors (Lipinski definition) is 4. The minimum Gasteiger partial charge on any atom is -0.373 e. The van der Waals surface area contributed by atoms with Crippen molar-refractivity contribution in [1.29, 1.82) is 0 Å². The van der Waals surface area contributed by atoms with E-state index in [1.54, 1.807) is 33.2 Å². The van der Waals surface area contributed by atoms with Crippen LogP contribution in [0.4, 0.5) is 5.82 Å². The minimum atomic E-state index is -0.229. The van der Waals surface area contributed by atoms with Gasteiger partial charge >= 0.3 is 0 Å². The first-order valence-corrected chi connectivity index (χ1v) is 6.03. The lowest BCUT2D eigenvalue weighted by Gasteiger charge is -2.16. The first-order valence-electron chi connectivity index (χ1n) is 6.03. The molecule has 1 saturated heterocycles. The van der Waals surface area contributed by atoms with Crippen molar-refractivity contribution in [1.82, 2.24) is 9.88 Å². The van der Waals surface area contributed by atoms with Crippen LogP contribution in [0.3, 0.4) is 0 Å². The summed E-state index contributed by atoms with van der Waals surface area (Å²) < 4.78 is 0. The van der Waals surface area contributed by atoms with Gasteiger partial charge in [-0.2, -0.15) is 0 Å². The minimum absolute atomic E-state index is 0.0987. The molecule has 0 bridgehead atoms. The van der Waals surface area contributed by atoms with Gasteiger partial charge in [0.25, 0.3) is 0 Å². The number of carbonyl (C=O) groups excluding carboxylic acids is 2. The fourth-order valence-corrected chi connectivity index (χ4v) is 2.15. The van der Waals surface area contributed by atoms with Crippen molar-refractivity contribution in [2.24, 2.45) is 11.8 Å². The van der Waals surface area contributed by atoms with Crippen molar-refractivity contribution in [3.05, 3.63) is 23.9 Å². The van der Waals surface area contributed by atoms with Crippen molar-refractivity contribution in [2.75, 3.05) is 12.4 Å². The third-order valence-electron chi connectivity index (χ3n) is 3.52. The van der Waals surface area contributed by atoms with Crippen LogP contribution in [0.2, 0.25) is 0 Å². The quantitative estimate of drug-likeness (QED) is 0.817. The Morgan fingerprint density at radius 1 is 1.28 bits per heavy atom. The summed E-state index contributed by atoms with van der Waals surface area (Å²) in [7, 11) is 1.77. The Balaban J connectivity index is 2.24. The first-order chi connectivity index (χ1) is 8.56. The van der Waals surface area contributed by atoms with Gasteiger partial charge in [-0.25, -0.2) is 4.98 Å². The maximum atomic E-state index is 12.0. The lowest BCUT2D eigenvalue weighted by atomic mass is 10.00. The monoisotopic (exact) mass is 247 g/mol. The molecule has 1 fully saturated rings. The Labute approximate surface area is 106 Å². The van der Waals surface area contributed by atoms with Gasteiger partial charge in [0.1, 0.15) is 5.82 Å². The normalized spacial score (nSPS) is 23.6. The molecule has 2 heterocycles. The number of amides is 2. The van der Waals surface area contributed by atoms with Gasteiger partial charge in [0.05, 0.1) is 6.54 Å². The molecule has 1 aromatic rings. The molecule has 2 amide bonds. The highest BCUT2D eigenvalue weighted by molar-refractivity contribution is 6.04. The number of likely N-dealkylation sites (tertiary alicyclic amines) is 1. The van der Waals surface area contributed by atoms with Crippen molar-refractivity contribution < 1.29 is 9.59 Å². The van der Waals surface area contributed by atoms with Crippen LogP contribution in [0, 0.1) is 11.8 Å². The number of carbonyl (C=O) groups is 2. The molecule has 1 aromatic heterocycles. The second kappa shape index (κ2) is 4.76. The zero-order chi connectivity index (χ0) is 13.3. The predicted octanol–water partition coefficient (Wildman–Crippen LogP) is 1.26. The Kier molecular flexibility index (Phi) is 3.32. The summed E-state index contributed by atoms with van der Waals surface area (Å²) in [5.41, 5.74) is 0.850. The third kappa shape index (κ3) is 1.96. The summed E-state index contributed by atoms with van der Waals surface area (Å²) in [6, 6.07) is 3.67. The van der Waals surface area contributed by atoms with Gasteiger partial charge in [-0.15, -0.1) is 0 Å². The zero-order valence-electron chi connectivity index (χ0n) is 10.8. The molecule has 0 aromatic carbocycles. The number of aromatic nitrogens is 1. The molecule has 18 heavy (non-hydrogen) atoms. The first kappa shape index (κ1) is 12.5. The van der Waals surface area contributed by atoms with Crippen LogP contribution < -0.4 is 5.32 Å². The van der Waals surface area contributed by atoms with Crippen LogP contribution in [0.1, 0.15) is 19.4 Å². The van der Waals surface area contributed by atoms with Gasteiger partial charge in [-0.3, -0.25) is 14.5 Å². The lowest BCUT2D eigenvalue weighted by Crippen LogP contribution is -2.30. The molecule has 2 unspecified atom stereocenters. The standard InChI is InChI=1S/C13H17N3O2/c1-8-9(2)13(18)16(12(8)17)7-10-5-4-6-15-11(10)14-3/h4-6,8-9H,7H2,1-3H3,(H,14,15). The Bertz CT molecular complexity index is 467. The van der Waals surface area contributed by atoms with Gasteiger partial charge in [0.2, 0.25) is 11.8 Å². The largest absolute Gasteiger partial charge is 0.373 e. The van der Waals surface area contributed by atoms with E-state index in [1.165, 1.54) is 4.90 Å². The molecule has 1 aliphatic rings. The smallest absolute Gasteiger partial charge is 0.233 e. The van der Waals surface area contributed by atoms with E-state index in [0.717, 1.165) is 5.56 Å². The fraction of sp³-hybridized carbons (Fsp3) is 0.462. The number of nitrogens with zero attached hydrogens (tertiary/aromatic N) is 2. The molecule has 5 nitrogen and oxygen atoms in total. The topological polar surface area (TPSA) is 62.3 Å². The highest BCUT2D eigenvalue weighted by Gasteiger charge is 2.42. The van der Waals surface area contributed by atoms with E-state index in [4.69, 9.17) is 0 Å². The molecule has 1 aliphatic heterocycles. The van der Waals surface area contributed by atoms with Crippen LogP contribution >= 0.6 is 0 Å². The van der Waals surface area contributed by atoms with Crippen molar-refractivity contribution >= 4 is 17.6 Å². The van der Waals surface area contributed by atoms with Gasteiger partial charge in [0, 0.05) is 30.6 Å². The second-order valence-corrected chi connectivity index (χ2v) is 4.60. The van der Waals surface area contributed by atoms with Crippen molar-refractivity contribution in [2.45, 2.75) is 20.4 Å². The third-order valence-corrected chi connectivity index (χ3v) is 3.52. The van der Waals surface area contributed by atoms with E-state index in [1.807, 2.05) is 6.07 Å². The van der Waals surface area contributed by atoms with Crippen LogP contribution in [0.5, 0.6) is 0 Å². The number of hydrogen-bond donors (Lipinski definition) is 1. The molecular formula is C13H17N3O2. The van der Waals surface area contributed by atoms with Gasteiger partial charge < -0.3 is 5.32 Å². The summed E-state index contributed by atoms with van der Waals surface area (Å²) in [4.78, 5) is 29.5. The summed E-state index contributed by atoms with van der Waals surface area (Å²) in [6.45, 7) is 3.89. The highest BCUT2D eigenvalue weighted by atomic mass is 16.2. The molecular weight excluding hydrogens is 230 g/mol. The average molecular weight is 247 g/mol. The maximum Gasteiger partial charge on any atom is 0.233 e. The van der Waals surface area contributed by atoms with Crippen LogP contribution in [0.15, 0.2) is 18.3 Å². The van der Waals surface area contributed by atoms with Crippen LogP contribution in [0.25, 0.3) is 0 Å². The van der Waals surface area contributed by atoms with Gasteiger partial charge in [-0.1, -0.05) is 19.9 Å². The molecule has 1 N–H and O–H groups in total. The molecule has 96 valence electrons. The summed E-state index contributed by atoms with van der Waals surface area (Å²) >= 11 is 0. The average Bonchev–Trinajstić information content (AvgIpc) is 2.57. The number of nitrogens with one attached hydrogen (secondary N) is 1. The van der Waals surface area contributed by atoms with Gasteiger partial charge in [-0.05, 0) is 6.07 Å². The van der Waals surface area contributed by atoms with E-state index in [2.05, 4.69) is 10.3 Å². The predicted molar refractivity (Wildman–Crippen MR) is 67.7 cm³/mol. The van der Waals surface area contributed by atoms with E-state index in [0.29, 0.717) is 5.82 Å². The molecule has 2 rings (SSSR count). The molecule has 0 radical (unpaired) electrons. The highest BCUT2D eigenvalue weighted by Crippen LogP contribution is 2.27. The van der Waals surface area contributed by atoms with E-state index in [-0.39, 0.29) is 30.2 Å². The number of rotatable bonds is 3. The number of pyridine rings is 1. The molecule has 0 spiro atoms. The summed E-state index contributed by atoms with van der Waals surface area (Å²) in [5.74, 6) is 0.0431. The van der Waals surface area contributed by atoms with Crippen LogP contribution in [-0.2, 0) is 16.1 Å². The lowest BCUT2D eigenvalue weighted by molar-refractivity contribution is -0.140. The summed E-state index contributed by atoms with van der Waals surface area (Å²) in [6.07, 6.45) is 1.67. The van der Waals surface area contributed by atoms with Crippen LogP contribution in [-0.4, -0.2) is 28.7 Å². The SMILES string of the molecule is CNc1ncccc1CN1C(=O)C(C)C(C)C1=O. The fourth-order valence-electron chi connectivity index (χ4n) is 2.15. The van der Waals surface area contributed by atoms with Gasteiger partial charge in [0.15, 0.2) is 0 Å². The number of imide groups is 1. The van der Waals surface area contributed by atoms with Crippen molar-refractivity contribution in [3.63, 3.8) is 0 Å². The summed E-state index contributed by atoms with van der Waals surface area (Å²) in [5, 5.41) is 2.96. The van der Waals surface area contributed by atoms with E-state index in [9.17, 15) is 9.59 Å². The Morgan fingerprint density at radius 3 is 2.44 bits per heavy atom. The zero-order valence-corrected chi connectivity index (χ0v) is 10.8. The molecule has 5 heteroatoms. The second-order valence-electron chi connectivity index (χ2n) is 4.60. The van der Waals surface area contributed by atoms with Crippen molar-refractivity contribution in [3.8, 4) is 0 Å². The molecule has 2 atom stereocenters. The maximum absolute atomic E-state index is 12.0.